The molecule has 0 spiro atoms. The first-order valence-electron chi connectivity index (χ1n) is 9.24. The molecule has 0 aromatic heterocycles. The highest BCUT2D eigenvalue weighted by Crippen LogP contribution is 2.33. The number of benzene rings is 1. The van der Waals surface area contributed by atoms with Gasteiger partial charge in [0, 0.05) is 5.38 Å². The van der Waals surface area contributed by atoms with Gasteiger partial charge in [-0.2, -0.15) is 0 Å². The molecule has 0 radical (unpaired) electrons. The lowest BCUT2D eigenvalue weighted by Crippen LogP contribution is -2.27. The fourth-order valence-corrected chi connectivity index (χ4v) is 3.31. The minimum atomic E-state index is 0.171. The van der Waals surface area contributed by atoms with Crippen LogP contribution in [0.2, 0.25) is 0 Å². The first kappa shape index (κ1) is 19.6. The number of halogens is 1. The van der Waals surface area contributed by atoms with Crippen molar-refractivity contribution >= 4 is 11.6 Å². The van der Waals surface area contributed by atoms with Gasteiger partial charge >= 0.3 is 0 Å². The summed E-state index contributed by atoms with van der Waals surface area (Å²) in [5.74, 6) is 0. The molecule has 0 N–H and O–H groups in total. The van der Waals surface area contributed by atoms with Crippen LogP contribution >= 0.6 is 11.6 Å². The molecular weight excluding hydrogens is 288 g/mol. The summed E-state index contributed by atoms with van der Waals surface area (Å²) >= 11 is 6.70. The highest BCUT2D eigenvalue weighted by molar-refractivity contribution is 6.21. The van der Waals surface area contributed by atoms with Crippen LogP contribution in [0, 0.1) is 5.41 Å². The summed E-state index contributed by atoms with van der Waals surface area (Å²) in [4.78, 5) is 0. The van der Waals surface area contributed by atoms with Crippen LogP contribution in [0.5, 0.6) is 0 Å². The van der Waals surface area contributed by atoms with Crippen LogP contribution in [-0.2, 0) is 6.42 Å². The Labute approximate surface area is 143 Å². The van der Waals surface area contributed by atoms with E-state index in [9.17, 15) is 0 Å². The maximum atomic E-state index is 6.70. The molecule has 1 unspecified atom stereocenters. The molecule has 0 aliphatic carbocycles. The molecule has 1 atom stereocenters. The van der Waals surface area contributed by atoms with E-state index in [1.165, 1.54) is 56.9 Å². The van der Waals surface area contributed by atoms with E-state index in [-0.39, 0.29) is 10.8 Å². The van der Waals surface area contributed by atoms with E-state index < -0.39 is 0 Å². The summed E-state index contributed by atoms with van der Waals surface area (Å²) in [7, 11) is 0. The maximum absolute atomic E-state index is 6.70. The van der Waals surface area contributed by atoms with E-state index in [1.54, 1.807) is 0 Å². The van der Waals surface area contributed by atoms with Gasteiger partial charge in [-0.05, 0) is 23.8 Å². The molecule has 1 rings (SSSR count). The Morgan fingerprint density at radius 2 is 1.41 bits per heavy atom. The number of unbranched alkanes of at least 4 members (excludes halogenated alkanes) is 7. The van der Waals surface area contributed by atoms with Gasteiger partial charge in [-0.1, -0.05) is 102 Å². The van der Waals surface area contributed by atoms with Crippen molar-refractivity contribution in [3.63, 3.8) is 0 Å². The zero-order valence-corrected chi connectivity index (χ0v) is 15.7. The van der Waals surface area contributed by atoms with Gasteiger partial charge in [-0.25, -0.2) is 0 Å². The number of rotatable bonds is 12. The average Bonchev–Trinajstić information content (AvgIpc) is 2.50. The summed E-state index contributed by atoms with van der Waals surface area (Å²) in [6, 6.07) is 10.7. The van der Waals surface area contributed by atoms with Crippen molar-refractivity contribution in [3.05, 3.63) is 35.9 Å². The number of alkyl halides is 1. The Hall–Kier alpha value is -0.490. The zero-order chi connectivity index (χ0) is 16.3. The van der Waals surface area contributed by atoms with E-state index in [0.717, 1.165) is 12.8 Å². The first-order valence-corrected chi connectivity index (χ1v) is 9.68. The molecule has 0 amide bonds. The molecule has 0 nitrogen and oxygen atoms in total. The van der Waals surface area contributed by atoms with Crippen molar-refractivity contribution in [2.45, 2.75) is 90.4 Å². The number of hydrogen-bond acceptors (Lipinski definition) is 0. The fraction of sp³-hybridized carbons (Fsp3) is 0.714. The minimum absolute atomic E-state index is 0.171. The highest BCUT2D eigenvalue weighted by atomic mass is 35.5. The lowest BCUT2D eigenvalue weighted by Gasteiger charge is -2.30. The van der Waals surface area contributed by atoms with Crippen molar-refractivity contribution in [2.75, 3.05) is 0 Å². The van der Waals surface area contributed by atoms with Crippen molar-refractivity contribution in [1.82, 2.24) is 0 Å². The molecule has 0 fully saturated rings. The second-order valence-corrected chi connectivity index (χ2v) is 7.91. The van der Waals surface area contributed by atoms with Crippen LogP contribution in [-0.4, -0.2) is 5.38 Å². The lowest BCUT2D eigenvalue weighted by molar-refractivity contribution is 0.324. The van der Waals surface area contributed by atoms with E-state index in [4.69, 9.17) is 11.6 Å². The van der Waals surface area contributed by atoms with Gasteiger partial charge in [0.25, 0.3) is 0 Å². The first-order chi connectivity index (χ1) is 10.6. The largest absolute Gasteiger partial charge is 0.122 e. The fourth-order valence-electron chi connectivity index (χ4n) is 3.08. The van der Waals surface area contributed by atoms with Crippen LogP contribution < -0.4 is 0 Å². The molecule has 0 aliphatic rings. The minimum Gasteiger partial charge on any atom is -0.122 e. The third-order valence-corrected chi connectivity index (χ3v) is 5.47. The molecule has 0 saturated carbocycles. The molecule has 0 aliphatic heterocycles. The Morgan fingerprint density at radius 1 is 0.864 bits per heavy atom. The zero-order valence-electron chi connectivity index (χ0n) is 14.9. The van der Waals surface area contributed by atoms with Crippen LogP contribution in [0.25, 0.3) is 0 Å². The Balaban J connectivity index is 2.16. The lowest BCUT2D eigenvalue weighted by atomic mass is 9.80. The predicted molar refractivity (Wildman–Crippen MR) is 101 cm³/mol. The molecular formula is C21H35Cl. The van der Waals surface area contributed by atoms with Crippen LogP contribution in [0.3, 0.4) is 0 Å². The quantitative estimate of drug-likeness (QED) is 0.278. The van der Waals surface area contributed by atoms with Crippen LogP contribution in [0.15, 0.2) is 30.3 Å². The third kappa shape index (κ3) is 8.22. The normalized spacial score (nSPS) is 13.3. The van der Waals surface area contributed by atoms with Gasteiger partial charge in [0.1, 0.15) is 0 Å². The SMILES string of the molecule is CCCCCCCCCCC(Cl)C(C)(C)Cc1ccccc1. The molecule has 0 bridgehead atoms. The Morgan fingerprint density at radius 3 is 2.00 bits per heavy atom. The molecule has 0 saturated heterocycles. The summed E-state index contributed by atoms with van der Waals surface area (Å²) < 4.78 is 0. The van der Waals surface area contributed by atoms with Crippen LogP contribution in [0.4, 0.5) is 0 Å². The Kier molecular flexibility index (Phi) is 9.87. The maximum Gasteiger partial charge on any atom is 0.0390 e. The van der Waals surface area contributed by atoms with Gasteiger partial charge in [-0.3, -0.25) is 0 Å². The van der Waals surface area contributed by atoms with E-state index in [1.807, 2.05) is 0 Å². The van der Waals surface area contributed by atoms with Gasteiger partial charge in [-0.15, -0.1) is 11.6 Å². The molecule has 22 heavy (non-hydrogen) atoms. The second kappa shape index (κ2) is 11.1. The van der Waals surface area contributed by atoms with E-state index in [2.05, 4.69) is 51.1 Å². The molecule has 1 heteroatoms. The molecule has 0 heterocycles. The van der Waals surface area contributed by atoms with Crippen molar-refractivity contribution in [3.8, 4) is 0 Å². The van der Waals surface area contributed by atoms with E-state index >= 15 is 0 Å². The molecule has 1 aromatic rings. The second-order valence-electron chi connectivity index (χ2n) is 7.38. The molecule has 1 aromatic carbocycles. The molecule has 126 valence electrons. The smallest absolute Gasteiger partial charge is 0.0390 e. The summed E-state index contributed by atoms with van der Waals surface area (Å²) in [6.07, 6.45) is 13.2. The monoisotopic (exact) mass is 322 g/mol. The third-order valence-electron chi connectivity index (χ3n) is 4.66. The predicted octanol–water partition coefficient (Wildman–Crippen LogP) is 7.39. The summed E-state index contributed by atoms with van der Waals surface area (Å²) in [5, 5.41) is 0.271. The van der Waals surface area contributed by atoms with Gasteiger partial charge in [0.2, 0.25) is 0 Å². The Bertz CT molecular complexity index is 369. The van der Waals surface area contributed by atoms with Crippen molar-refractivity contribution in [2.24, 2.45) is 5.41 Å². The summed E-state index contributed by atoms with van der Waals surface area (Å²) in [5.41, 5.74) is 1.57. The van der Waals surface area contributed by atoms with Crippen molar-refractivity contribution < 1.29 is 0 Å². The highest BCUT2D eigenvalue weighted by Gasteiger charge is 2.27. The topological polar surface area (TPSA) is 0 Å². The van der Waals surface area contributed by atoms with Gasteiger partial charge < -0.3 is 0 Å². The summed E-state index contributed by atoms with van der Waals surface area (Å²) in [6.45, 7) is 6.89. The van der Waals surface area contributed by atoms with Crippen LogP contribution in [0.1, 0.15) is 84.1 Å². The number of hydrogen-bond donors (Lipinski definition) is 0. The standard InChI is InChI=1S/C21H35Cl/c1-4-5-6-7-8-9-10-14-17-20(22)21(2,3)18-19-15-12-11-13-16-19/h11-13,15-16,20H,4-10,14,17-18H2,1-3H3. The average molecular weight is 323 g/mol. The van der Waals surface area contributed by atoms with E-state index in [0.29, 0.717) is 0 Å². The van der Waals surface area contributed by atoms with Gasteiger partial charge in [0.15, 0.2) is 0 Å². The van der Waals surface area contributed by atoms with Gasteiger partial charge in [0.05, 0.1) is 0 Å². The van der Waals surface area contributed by atoms with Crippen molar-refractivity contribution in [1.29, 1.82) is 0 Å².